The Morgan fingerprint density at radius 3 is 1.82 bits per heavy atom. The maximum Gasteiger partial charge on any atom is 0.251 e. The van der Waals surface area contributed by atoms with Gasteiger partial charge >= 0.3 is 0 Å². The number of aliphatic imine (C=N–C) groups is 1. The van der Waals surface area contributed by atoms with Gasteiger partial charge in [0.1, 0.15) is 0 Å². The third-order valence-electron chi connectivity index (χ3n) is 4.32. The molecular formula is C21H22N4O2S. The molecule has 6 nitrogen and oxygen atoms in total. The van der Waals surface area contributed by atoms with Crippen LogP contribution in [0.3, 0.4) is 0 Å². The van der Waals surface area contributed by atoms with Crippen molar-refractivity contribution >= 4 is 46.7 Å². The number of benzene rings is 2. The number of hydrogen-bond donors (Lipinski definition) is 0. The van der Waals surface area contributed by atoms with Crippen LogP contribution in [-0.2, 0) is 9.59 Å². The Hall–Kier alpha value is -2.90. The number of para-hydroxylation sites is 2. The zero-order valence-electron chi connectivity index (χ0n) is 15.9. The van der Waals surface area contributed by atoms with E-state index in [2.05, 4.69) is 4.99 Å². The zero-order valence-corrected chi connectivity index (χ0v) is 16.7. The van der Waals surface area contributed by atoms with Gasteiger partial charge < -0.3 is 4.90 Å². The van der Waals surface area contributed by atoms with Crippen molar-refractivity contribution in [2.75, 3.05) is 37.0 Å². The van der Waals surface area contributed by atoms with Crippen molar-refractivity contribution in [2.24, 2.45) is 10.9 Å². The first kappa shape index (κ1) is 19.9. The molecule has 1 fully saturated rings. The van der Waals surface area contributed by atoms with Gasteiger partial charge in [-0.15, -0.1) is 0 Å². The molecule has 0 N–H and O–H groups in total. The van der Waals surface area contributed by atoms with E-state index in [1.807, 2.05) is 55.4 Å². The second-order valence-corrected chi connectivity index (χ2v) is 7.00. The summed E-state index contributed by atoms with van der Waals surface area (Å²) >= 11 is 5.55. The van der Waals surface area contributed by atoms with Gasteiger partial charge in [0.05, 0.1) is 17.9 Å². The van der Waals surface area contributed by atoms with Crippen molar-refractivity contribution in [3.8, 4) is 0 Å². The van der Waals surface area contributed by atoms with Gasteiger partial charge in [-0.1, -0.05) is 36.4 Å². The van der Waals surface area contributed by atoms with Gasteiger partial charge in [-0.25, -0.2) is 0 Å². The fraction of sp³-hybridized carbons (Fsp3) is 0.238. The molecule has 3 rings (SSSR count). The van der Waals surface area contributed by atoms with Crippen LogP contribution in [0.4, 0.5) is 11.4 Å². The Balaban J connectivity index is 1.98. The van der Waals surface area contributed by atoms with Crippen LogP contribution in [0.25, 0.3) is 0 Å². The highest BCUT2D eigenvalue weighted by atomic mass is 32.1. The summed E-state index contributed by atoms with van der Waals surface area (Å²) in [7, 11) is 3.89. The second-order valence-electron chi connectivity index (χ2n) is 6.64. The lowest BCUT2D eigenvalue weighted by molar-refractivity contribution is -0.129. The summed E-state index contributed by atoms with van der Waals surface area (Å²) in [6.45, 7) is 1.24. The van der Waals surface area contributed by atoms with Crippen LogP contribution in [0.5, 0.6) is 0 Å². The summed E-state index contributed by atoms with van der Waals surface area (Å²) in [6.07, 6.45) is 1.45. The first-order valence-corrected chi connectivity index (χ1v) is 9.38. The van der Waals surface area contributed by atoms with Gasteiger partial charge in [-0.2, -0.15) is 0 Å². The van der Waals surface area contributed by atoms with E-state index in [0.29, 0.717) is 17.9 Å². The summed E-state index contributed by atoms with van der Waals surface area (Å²) in [6, 6.07) is 18.2. The molecule has 1 heterocycles. The van der Waals surface area contributed by atoms with Crippen molar-refractivity contribution in [2.45, 2.75) is 0 Å². The third kappa shape index (κ3) is 4.16. The predicted octanol–water partition coefficient (Wildman–Crippen LogP) is 2.60. The summed E-state index contributed by atoms with van der Waals surface area (Å²) in [4.78, 5) is 35.4. The SMILES string of the molecule is CN(C)CCN=CC1C(=O)N(c2ccccc2)C(=S)N(c2ccccc2)C1=O. The smallest absolute Gasteiger partial charge is 0.251 e. The van der Waals surface area contributed by atoms with Gasteiger partial charge in [0.15, 0.2) is 11.0 Å². The third-order valence-corrected chi connectivity index (χ3v) is 4.68. The number of amides is 2. The van der Waals surface area contributed by atoms with Crippen LogP contribution in [-0.4, -0.2) is 55.2 Å². The number of thiocarbonyl (C=S) groups is 1. The van der Waals surface area contributed by atoms with Crippen LogP contribution in [0.1, 0.15) is 0 Å². The Bertz CT molecular complexity index is 822. The summed E-state index contributed by atoms with van der Waals surface area (Å²) < 4.78 is 0. The highest BCUT2D eigenvalue weighted by Crippen LogP contribution is 2.28. The average molecular weight is 395 g/mol. The maximum atomic E-state index is 13.1. The van der Waals surface area contributed by atoms with Crippen LogP contribution in [0.2, 0.25) is 0 Å². The first-order chi connectivity index (χ1) is 13.5. The summed E-state index contributed by atoms with van der Waals surface area (Å²) in [5.74, 6) is -1.79. The number of anilines is 2. The monoisotopic (exact) mass is 394 g/mol. The maximum absolute atomic E-state index is 13.1. The molecule has 2 aromatic carbocycles. The molecule has 1 aliphatic heterocycles. The van der Waals surface area contributed by atoms with E-state index in [0.717, 1.165) is 6.54 Å². The number of carbonyl (C=O) groups excluding carboxylic acids is 2. The molecule has 0 bridgehead atoms. The highest BCUT2D eigenvalue weighted by molar-refractivity contribution is 7.81. The fourth-order valence-corrected chi connectivity index (χ4v) is 3.26. The molecule has 2 aromatic rings. The molecule has 28 heavy (non-hydrogen) atoms. The molecule has 0 unspecified atom stereocenters. The minimum atomic E-state index is -1.02. The largest absolute Gasteiger partial charge is 0.308 e. The fourth-order valence-electron chi connectivity index (χ4n) is 2.87. The van der Waals surface area contributed by atoms with Gasteiger partial charge in [0.2, 0.25) is 0 Å². The summed E-state index contributed by atoms with van der Waals surface area (Å²) in [5.41, 5.74) is 1.25. The lowest BCUT2D eigenvalue weighted by Crippen LogP contribution is -2.60. The number of carbonyl (C=O) groups is 2. The topological polar surface area (TPSA) is 56.2 Å². The summed E-state index contributed by atoms with van der Waals surface area (Å²) in [5, 5.41) is 0.144. The van der Waals surface area contributed by atoms with Crippen molar-refractivity contribution < 1.29 is 9.59 Å². The quantitative estimate of drug-likeness (QED) is 0.429. The molecule has 0 atom stereocenters. The van der Waals surface area contributed by atoms with Crippen LogP contribution >= 0.6 is 12.2 Å². The van der Waals surface area contributed by atoms with Gasteiger partial charge in [-0.05, 0) is 50.6 Å². The standard InChI is InChI=1S/C21H22N4O2S/c1-23(2)14-13-22-15-18-19(26)24(16-9-5-3-6-10-16)21(28)25(20(18)27)17-11-7-4-8-12-17/h3-12,15,18H,13-14H2,1-2H3. The van der Waals surface area contributed by atoms with E-state index < -0.39 is 5.92 Å². The van der Waals surface area contributed by atoms with E-state index >= 15 is 0 Å². The molecule has 7 heteroatoms. The van der Waals surface area contributed by atoms with Crippen LogP contribution in [0.15, 0.2) is 65.7 Å². The normalized spacial score (nSPS) is 15.9. The Morgan fingerprint density at radius 1 is 0.929 bits per heavy atom. The van der Waals surface area contributed by atoms with E-state index in [1.54, 1.807) is 24.3 Å². The molecule has 2 amide bonds. The molecule has 0 aliphatic carbocycles. The average Bonchev–Trinajstić information content (AvgIpc) is 2.69. The van der Waals surface area contributed by atoms with Crippen LogP contribution < -0.4 is 9.80 Å². The zero-order chi connectivity index (χ0) is 20.1. The predicted molar refractivity (Wildman–Crippen MR) is 116 cm³/mol. The van der Waals surface area contributed by atoms with E-state index in [9.17, 15) is 9.59 Å². The number of rotatable bonds is 6. The van der Waals surface area contributed by atoms with E-state index in [4.69, 9.17) is 12.2 Å². The number of nitrogens with zero attached hydrogens (tertiary/aromatic N) is 4. The lowest BCUT2D eigenvalue weighted by atomic mass is 10.0. The lowest BCUT2D eigenvalue weighted by Gasteiger charge is -2.38. The van der Waals surface area contributed by atoms with E-state index in [1.165, 1.54) is 16.0 Å². The minimum absolute atomic E-state index is 0.144. The van der Waals surface area contributed by atoms with Gasteiger partial charge in [-0.3, -0.25) is 24.4 Å². The molecular weight excluding hydrogens is 372 g/mol. The van der Waals surface area contributed by atoms with E-state index in [-0.39, 0.29) is 16.9 Å². The molecule has 0 radical (unpaired) electrons. The Labute approximate surface area is 170 Å². The number of likely N-dealkylation sites (N-methyl/N-ethyl adjacent to an activating group) is 1. The van der Waals surface area contributed by atoms with Gasteiger partial charge in [0.25, 0.3) is 11.8 Å². The molecule has 1 aliphatic rings. The molecule has 0 spiro atoms. The minimum Gasteiger partial charge on any atom is -0.308 e. The molecule has 0 aromatic heterocycles. The Kier molecular flexibility index (Phi) is 6.28. The van der Waals surface area contributed by atoms with Crippen LogP contribution in [0, 0.1) is 5.92 Å². The second kappa shape index (κ2) is 8.86. The highest BCUT2D eigenvalue weighted by Gasteiger charge is 2.44. The molecule has 0 saturated carbocycles. The molecule has 144 valence electrons. The van der Waals surface area contributed by atoms with Crippen molar-refractivity contribution in [1.82, 2.24) is 4.90 Å². The van der Waals surface area contributed by atoms with Crippen molar-refractivity contribution in [3.63, 3.8) is 0 Å². The van der Waals surface area contributed by atoms with Gasteiger partial charge in [0, 0.05) is 12.8 Å². The number of hydrogen-bond acceptors (Lipinski definition) is 5. The first-order valence-electron chi connectivity index (χ1n) is 8.97. The van der Waals surface area contributed by atoms with Crippen molar-refractivity contribution in [1.29, 1.82) is 0 Å². The van der Waals surface area contributed by atoms with Crippen molar-refractivity contribution in [3.05, 3.63) is 60.7 Å². The Morgan fingerprint density at radius 2 is 1.39 bits per heavy atom. The molecule has 1 saturated heterocycles.